The van der Waals surface area contributed by atoms with E-state index in [0.29, 0.717) is 12.4 Å². The van der Waals surface area contributed by atoms with Crippen molar-refractivity contribution in [3.8, 4) is 11.5 Å². The molecule has 1 N–H and O–H groups in total. The number of hydrazone groups is 1. The van der Waals surface area contributed by atoms with Gasteiger partial charge in [0, 0.05) is 5.56 Å². The molecule has 0 aliphatic heterocycles. The number of nitrogens with zero attached hydrogens (tertiary/aromatic N) is 1. The molecule has 1 atom stereocenters. The Morgan fingerprint density at radius 3 is 2.63 bits per heavy atom. The molecule has 3 rings (SSSR count). The molecule has 1 unspecified atom stereocenters. The Bertz CT molecular complexity index is 953. The number of para-hydroxylation sites is 1. The maximum absolute atomic E-state index is 12.2. The molecule has 3 aromatic carbocycles. The van der Waals surface area contributed by atoms with Crippen molar-refractivity contribution >= 4 is 22.9 Å². The number of benzene rings is 3. The second-order valence-electron chi connectivity index (χ2n) is 5.97. The smallest absolute Gasteiger partial charge is 0.280 e. The Hall–Kier alpha value is -3.34. The summed E-state index contributed by atoms with van der Waals surface area (Å²) >= 11 is 0. The van der Waals surface area contributed by atoms with Gasteiger partial charge in [0.25, 0.3) is 5.91 Å². The lowest BCUT2D eigenvalue weighted by Crippen LogP contribution is -2.33. The van der Waals surface area contributed by atoms with Gasteiger partial charge in [0.15, 0.2) is 6.10 Å². The van der Waals surface area contributed by atoms with Crippen LogP contribution in [0, 0.1) is 0 Å². The van der Waals surface area contributed by atoms with Gasteiger partial charge in [0.2, 0.25) is 0 Å². The molecule has 0 fully saturated rings. The highest BCUT2D eigenvalue weighted by molar-refractivity contribution is 5.87. The molecule has 0 bridgehead atoms. The van der Waals surface area contributed by atoms with Crippen LogP contribution in [0.4, 0.5) is 0 Å². The monoisotopic (exact) mass is 362 g/mol. The number of nitrogens with one attached hydrogen (secondary N) is 1. The minimum atomic E-state index is -0.676. The molecule has 0 heterocycles. The van der Waals surface area contributed by atoms with E-state index in [-0.39, 0.29) is 5.91 Å². The van der Waals surface area contributed by atoms with Gasteiger partial charge < -0.3 is 9.47 Å². The van der Waals surface area contributed by atoms with E-state index in [2.05, 4.69) is 10.5 Å². The summed E-state index contributed by atoms with van der Waals surface area (Å²) in [4.78, 5) is 12.2. The average Bonchev–Trinajstić information content (AvgIpc) is 2.69. The minimum Gasteiger partial charge on any atom is -0.493 e. The molecule has 27 heavy (non-hydrogen) atoms. The van der Waals surface area contributed by atoms with Crippen molar-refractivity contribution in [1.82, 2.24) is 5.43 Å². The van der Waals surface area contributed by atoms with Crippen molar-refractivity contribution in [3.05, 3.63) is 72.3 Å². The first-order valence-corrected chi connectivity index (χ1v) is 8.87. The van der Waals surface area contributed by atoms with Crippen LogP contribution >= 0.6 is 0 Å². The van der Waals surface area contributed by atoms with Crippen molar-refractivity contribution in [2.24, 2.45) is 5.10 Å². The number of hydrogen-bond donors (Lipinski definition) is 1. The lowest BCUT2D eigenvalue weighted by molar-refractivity contribution is -0.127. The number of carbonyl (C=O) groups excluding carboxylic acids is 1. The molecular formula is C22H22N2O3. The maximum Gasteiger partial charge on any atom is 0.280 e. The molecule has 5 heteroatoms. The molecule has 0 saturated heterocycles. The molecule has 0 aromatic heterocycles. The quantitative estimate of drug-likeness (QED) is 0.507. The van der Waals surface area contributed by atoms with Crippen molar-refractivity contribution in [2.45, 2.75) is 20.0 Å². The second kappa shape index (κ2) is 8.85. The van der Waals surface area contributed by atoms with Gasteiger partial charge in [0.05, 0.1) is 12.8 Å². The number of rotatable bonds is 7. The third kappa shape index (κ3) is 4.85. The van der Waals surface area contributed by atoms with E-state index in [0.717, 1.165) is 22.1 Å². The van der Waals surface area contributed by atoms with Crippen LogP contribution in [0.25, 0.3) is 10.8 Å². The van der Waals surface area contributed by atoms with Gasteiger partial charge >= 0.3 is 0 Å². The van der Waals surface area contributed by atoms with Crippen LogP contribution in [0.1, 0.15) is 19.4 Å². The van der Waals surface area contributed by atoms with Crippen molar-refractivity contribution in [2.75, 3.05) is 6.61 Å². The molecule has 0 saturated carbocycles. The Balaban J connectivity index is 1.60. The summed E-state index contributed by atoms with van der Waals surface area (Å²) in [6, 6.07) is 21.2. The largest absolute Gasteiger partial charge is 0.493 e. The summed E-state index contributed by atoms with van der Waals surface area (Å²) in [6.45, 7) is 4.17. The van der Waals surface area contributed by atoms with Gasteiger partial charge in [-0.3, -0.25) is 4.79 Å². The molecular weight excluding hydrogens is 340 g/mol. The maximum atomic E-state index is 12.2. The molecule has 1 amide bonds. The first-order chi connectivity index (χ1) is 13.2. The lowest BCUT2D eigenvalue weighted by atomic mass is 10.1. The third-order valence-electron chi connectivity index (χ3n) is 4.00. The van der Waals surface area contributed by atoms with Gasteiger partial charge in [-0.15, -0.1) is 0 Å². The summed E-state index contributed by atoms with van der Waals surface area (Å²) in [6.07, 6.45) is 0.886. The fraction of sp³-hybridized carbons (Fsp3) is 0.182. The minimum absolute atomic E-state index is 0.326. The highest BCUT2D eigenvalue weighted by Crippen LogP contribution is 2.21. The van der Waals surface area contributed by atoms with Crippen molar-refractivity contribution < 1.29 is 14.3 Å². The first kappa shape index (κ1) is 18.5. The zero-order chi connectivity index (χ0) is 19.1. The van der Waals surface area contributed by atoms with Crippen LogP contribution in [0.3, 0.4) is 0 Å². The van der Waals surface area contributed by atoms with Crippen LogP contribution < -0.4 is 14.9 Å². The molecule has 138 valence electrons. The van der Waals surface area contributed by atoms with E-state index in [9.17, 15) is 4.79 Å². The summed E-state index contributed by atoms with van der Waals surface area (Å²) in [5, 5.41) is 6.20. The van der Waals surface area contributed by atoms with Crippen LogP contribution in [-0.2, 0) is 4.79 Å². The number of amides is 1. The van der Waals surface area contributed by atoms with E-state index >= 15 is 0 Å². The van der Waals surface area contributed by atoms with E-state index in [1.165, 1.54) is 0 Å². The normalized spacial score (nSPS) is 12.1. The SMILES string of the molecule is CCOc1ccccc1C=NNC(=O)C(C)Oc1ccc2ccccc2c1. The zero-order valence-electron chi connectivity index (χ0n) is 15.4. The predicted octanol–water partition coefficient (Wildman–Crippen LogP) is 4.16. The highest BCUT2D eigenvalue weighted by atomic mass is 16.5. The van der Waals surface area contributed by atoms with Gasteiger partial charge in [-0.25, -0.2) is 5.43 Å². The van der Waals surface area contributed by atoms with E-state index < -0.39 is 6.10 Å². The van der Waals surface area contributed by atoms with E-state index in [1.54, 1.807) is 13.1 Å². The Labute approximate surface area is 158 Å². The molecule has 0 spiro atoms. The number of fused-ring (bicyclic) bond motifs is 1. The average molecular weight is 362 g/mol. The second-order valence-corrected chi connectivity index (χ2v) is 5.97. The van der Waals surface area contributed by atoms with Crippen LogP contribution in [0.5, 0.6) is 11.5 Å². The van der Waals surface area contributed by atoms with Crippen molar-refractivity contribution in [1.29, 1.82) is 0 Å². The van der Waals surface area contributed by atoms with Crippen molar-refractivity contribution in [3.63, 3.8) is 0 Å². The van der Waals surface area contributed by atoms with Gasteiger partial charge in [-0.1, -0.05) is 42.5 Å². The summed E-state index contributed by atoms with van der Waals surface area (Å²) in [7, 11) is 0. The molecule has 3 aromatic rings. The Kier molecular flexibility index (Phi) is 6.05. The first-order valence-electron chi connectivity index (χ1n) is 8.87. The predicted molar refractivity (Wildman–Crippen MR) is 107 cm³/mol. The highest BCUT2D eigenvalue weighted by Gasteiger charge is 2.14. The number of hydrogen-bond acceptors (Lipinski definition) is 4. The van der Waals surface area contributed by atoms with Gasteiger partial charge in [-0.05, 0) is 48.9 Å². The van der Waals surface area contributed by atoms with Crippen LogP contribution in [-0.4, -0.2) is 24.8 Å². The lowest BCUT2D eigenvalue weighted by Gasteiger charge is -2.13. The zero-order valence-corrected chi connectivity index (χ0v) is 15.4. The fourth-order valence-electron chi connectivity index (χ4n) is 2.63. The van der Waals surface area contributed by atoms with Gasteiger partial charge in [0.1, 0.15) is 11.5 Å². The van der Waals surface area contributed by atoms with Gasteiger partial charge in [-0.2, -0.15) is 5.10 Å². The Morgan fingerprint density at radius 1 is 1.07 bits per heavy atom. The summed E-state index contributed by atoms with van der Waals surface area (Å²) in [5.41, 5.74) is 3.30. The molecule has 0 aliphatic rings. The fourth-order valence-corrected chi connectivity index (χ4v) is 2.63. The third-order valence-corrected chi connectivity index (χ3v) is 4.00. The van der Waals surface area contributed by atoms with Crippen LogP contribution in [0.2, 0.25) is 0 Å². The number of carbonyl (C=O) groups is 1. The van der Waals surface area contributed by atoms with Crippen LogP contribution in [0.15, 0.2) is 71.8 Å². The molecule has 5 nitrogen and oxygen atoms in total. The topological polar surface area (TPSA) is 59.9 Å². The summed E-state index contributed by atoms with van der Waals surface area (Å²) in [5.74, 6) is 1.04. The van der Waals surface area contributed by atoms with E-state index in [1.807, 2.05) is 73.7 Å². The molecule has 0 aliphatic carbocycles. The number of ether oxygens (including phenoxy) is 2. The van der Waals surface area contributed by atoms with E-state index in [4.69, 9.17) is 9.47 Å². The standard InChI is InChI=1S/C22H22N2O3/c1-3-26-21-11-7-6-10-19(21)15-23-24-22(25)16(2)27-20-13-12-17-8-4-5-9-18(17)14-20/h4-16H,3H2,1-2H3,(H,24,25). The Morgan fingerprint density at radius 2 is 1.81 bits per heavy atom. The summed E-state index contributed by atoms with van der Waals surface area (Å²) < 4.78 is 11.3. The molecule has 0 radical (unpaired) electrons.